The van der Waals surface area contributed by atoms with Crippen LogP contribution in [0.4, 0.5) is 5.82 Å². The SMILES string of the molecule is Cc1cccc(-c2ccc(Cn3nc4c(c3OC3CCCCC3)C(=O)N(C)C3=N[C@@H]5CCC[C@@H]5N34)cc2)n1. The molecule has 1 aromatic carbocycles. The van der Waals surface area contributed by atoms with Gasteiger partial charge in [-0.15, -0.1) is 0 Å². The van der Waals surface area contributed by atoms with E-state index < -0.39 is 0 Å². The first-order chi connectivity index (χ1) is 18.6. The summed E-state index contributed by atoms with van der Waals surface area (Å²) in [5.74, 6) is 1.98. The summed E-state index contributed by atoms with van der Waals surface area (Å²) in [5.41, 5.74) is 4.74. The number of nitrogens with zero attached hydrogens (tertiary/aromatic N) is 6. The van der Waals surface area contributed by atoms with Crippen molar-refractivity contribution in [3.8, 4) is 17.1 Å². The number of carbonyl (C=O) groups excluding carboxylic acids is 1. The van der Waals surface area contributed by atoms with E-state index in [0.717, 1.165) is 73.4 Å². The topological polar surface area (TPSA) is 75.9 Å². The van der Waals surface area contributed by atoms with Gasteiger partial charge >= 0.3 is 0 Å². The maximum absolute atomic E-state index is 13.7. The fourth-order valence-electron chi connectivity index (χ4n) is 6.51. The van der Waals surface area contributed by atoms with Gasteiger partial charge in [0.25, 0.3) is 5.91 Å². The predicted molar refractivity (Wildman–Crippen MR) is 147 cm³/mol. The van der Waals surface area contributed by atoms with Gasteiger partial charge in [-0.3, -0.25) is 19.6 Å². The number of pyridine rings is 1. The van der Waals surface area contributed by atoms with E-state index in [-0.39, 0.29) is 24.1 Å². The number of rotatable bonds is 5. The molecule has 0 N–H and O–H groups in total. The summed E-state index contributed by atoms with van der Waals surface area (Å²) in [6, 6.07) is 15.0. The zero-order chi connectivity index (χ0) is 25.8. The normalized spacial score (nSPS) is 22.8. The summed E-state index contributed by atoms with van der Waals surface area (Å²) < 4.78 is 8.57. The molecule has 2 aromatic heterocycles. The second-order valence-corrected chi connectivity index (χ2v) is 11.1. The van der Waals surface area contributed by atoms with Gasteiger partial charge in [-0.05, 0) is 69.6 Å². The van der Waals surface area contributed by atoms with Crippen LogP contribution in [-0.4, -0.2) is 56.8 Å². The third kappa shape index (κ3) is 3.89. The first kappa shape index (κ1) is 23.4. The molecule has 0 spiro atoms. The Balaban J connectivity index is 1.26. The summed E-state index contributed by atoms with van der Waals surface area (Å²) in [4.78, 5) is 27.2. The van der Waals surface area contributed by atoms with Crippen molar-refractivity contribution in [1.82, 2.24) is 19.7 Å². The summed E-state index contributed by atoms with van der Waals surface area (Å²) in [5, 5.41) is 5.07. The molecule has 2 aliphatic carbocycles. The Labute approximate surface area is 223 Å². The van der Waals surface area contributed by atoms with Crippen molar-refractivity contribution in [3.05, 3.63) is 59.3 Å². The average Bonchev–Trinajstić information content (AvgIpc) is 3.62. The molecule has 4 aliphatic rings. The third-order valence-electron chi connectivity index (χ3n) is 8.51. The predicted octanol–water partition coefficient (Wildman–Crippen LogP) is 5.20. The molecule has 0 radical (unpaired) electrons. The molecule has 3 aromatic rings. The lowest BCUT2D eigenvalue weighted by Crippen LogP contribution is -2.51. The van der Waals surface area contributed by atoms with Gasteiger partial charge in [0.15, 0.2) is 5.82 Å². The zero-order valence-electron chi connectivity index (χ0n) is 22.1. The van der Waals surface area contributed by atoms with Gasteiger partial charge in [-0.2, -0.15) is 5.10 Å². The molecule has 0 saturated heterocycles. The number of aryl methyl sites for hydroxylation is 1. The number of benzene rings is 1. The number of aromatic nitrogens is 3. The van der Waals surface area contributed by atoms with E-state index >= 15 is 0 Å². The number of anilines is 1. The fourth-order valence-corrected chi connectivity index (χ4v) is 6.51. The summed E-state index contributed by atoms with van der Waals surface area (Å²) >= 11 is 0. The molecule has 2 atom stereocenters. The molecule has 8 heteroatoms. The van der Waals surface area contributed by atoms with Crippen LogP contribution in [-0.2, 0) is 6.54 Å². The molecular weight excluding hydrogens is 476 g/mol. The van der Waals surface area contributed by atoms with E-state index in [4.69, 9.17) is 14.8 Å². The van der Waals surface area contributed by atoms with E-state index in [2.05, 4.69) is 34.1 Å². The fraction of sp³-hybridized carbons (Fsp3) is 0.467. The quantitative estimate of drug-likeness (QED) is 0.472. The maximum Gasteiger partial charge on any atom is 0.269 e. The Kier molecular flexibility index (Phi) is 5.71. The molecule has 0 unspecified atom stereocenters. The van der Waals surface area contributed by atoms with Crippen LogP contribution in [0.25, 0.3) is 11.3 Å². The van der Waals surface area contributed by atoms with Crippen molar-refractivity contribution < 1.29 is 9.53 Å². The van der Waals surface area contributed by atoms with E-state index in [9.17, 15) is 4.79 Å². The Morgan fingerprint density at radius 1 is 0.974 bits per heavy atom. The summed E-state index contributed by atoms with van der Waals surface area (Å²) in [7, 11) is 1.83. The first-order valence-corrected chi connectivity index (χ1v) is 14.0. The molecule has 0 bridgehead atoms. The molecule has 8 nitrogen and oxygen atoms in total. The largest absolute Gasteiger partial charge is 0.474 e. The minimum absolute atomic E-state index is 0.0760. The number of carbonyl (C=O) groups is 1. The highest BCUT2D eigenvalue weighted by Gasteiger charge is 2.49. The van der Waals surface area contributed by atoms with Crippen LogP contribution < -0.4 is 9.64 Å². The molecule has 196 valence electrons. The number of hydrogen-bond acceptors (Lipinski definition) is 6. The van der Waals surface area contributed by atoms with Gasteiger partial charge in [0.1, 0.15) is 11.7 Å². The number of ether oxygens (including phenoxy) is 1. The average molecular weight is 511 g/mol. The second-order valence-electron chi connectivity index (χ2n) is 11.1. The molecule has 7 rings (SSSR count). The molecular formula is C30H34N6O2. The molecule has 4 heterocycles. The van der Waals surface area contributed by atoms with Crippen LogP contribution in [0.5, 0.6) is 5.88 Å². The standard InChI is InChI=1S/C30H34N6O2/c1-19-8-6-11-23(31-19)21-16-14-20(15-17-21)18-35-29(38-22-9-4-3-5-10-22)26-27(33-35)36-25-13-7-12-24(25)32-30(36)34(2)28(26)37/h6,8,11,14-17,22,24-25H,3-5,7,9-10,12-13,18H2,1-2H3/t24-,25+/m1/s1. The smallest absolute Gasteiger partial charge is 0.269 e. The van der Waals surface area contributed by atoms with Crippen molar-refractivity contribution >= 4 is 17.7 Å². The van der Waals surface area contributed by atoms with Crippen LogP contribution in [0, 0.1) is 6.92 Å². The van der Waals surface area contributed by atoms with Gasteiger partial charge in [0.05, 0.1) is 24.3 Å². The van der Waals surface area contributed by atoms with E-state index in [1.165, 1.54) is 6.42 Å². The van der Waals surface area contributed by atoms with E-state index in [0.29, 0.717) is 23.8 Å². The number of guanidine groups is 1. The summed E-state index contributed by atoms with van der Waals surface area (Å²) in [6.45, 7) is 2.54. The van der Waals surface area contributed by atoms with Crippen LogP contribution in [0.2, 0.25) is 0 Å². The number of aliphatic imine (C=N–C) groups is 1. The van der Waals surface area contributed by atoms with Gasteiger partial charge < -0.3 is 4.74 Å². The minimum atomic E-state index is -0.0760. The molecule has 2 aliphatic heterocycles. The maximum atomic E-state index is 13.7. The Morgan fingerprint density at radius 3 is 2.58 bits per heavy atom. The zero-order valence-corrected chi connectivity index (χ0v) is 22.1. The van der Waals surface area contributed by atoms with Crippen molar-refractivity contribution in [2.24, 2.45) is 4.99 Å². The highest BCUT2D eigenvalue weighted by Crippen LogP contribution is 2.43. The number of amides is 1. The molecule has 2 saturated carbocycles. The number of hydrogen-bond donors (Lipinski definition) is 0. The van der Waals surface area contributed by atoms with Gasteiger partial charge in [0.2, 0.25) is 11.8 Å². The van der Waals surface area contributed by atoms with Crippen molar-refractivity contribution in [3.63, 3.8) is 0 Å². The monoisotopic (exact) mass is 510 g/mol. The van der Waals surface area contributed by atoms with Crippen molar-refractivity contribution in [2.75, 3.05) is 11.9 Å². The van der Waals surface area contributed by atoms with Crippen molar-refractivity contribution in [2.45, 2.75) is 83.0 Å². The highest BCUT2D eigenvalue weighted by molar-refractivity contribution is 6.19. The van der Waals surface area contributed by atoms with Gasteiger partial charge in [-0.25, -0.2) is 9.67 Å². The molecule has 1 amide bonds. The Hall–Kier alpha value is -3.68. The minimum Gasteiger partial charge on any atom is -0.474 e. The molecule has 2 fully saturated rings. The van der Waals surface area contributed by atoms with E-state index in [1.54, 1.807) is 4.90 Å². The van der Waals surface area contributed by atoms with Gasteiger partial charge in [0, 0.05) is 18.3 Å². The van der Waals surface area contributed by atoms with Crippen LogP contribution in [0.1, 0.15) is 73.0 Å². The lowest BCUT2D eigenvalue weighted by molar-refractivity contribution is 0.0850. The third-order valence-corrected chi connectivity index (χ3v) is 8.51. The summed E-state index contributed by atoms with van der Waals surface area (Å²) in [6.07, 6.45) is 9.01. The van der Waals surface area contributed by atoms with Gasteiger partial charge in [-0.1, -0.05) is 36.8 Å². The highest BCUT2D eigenvalue weighted by atomic mass is 16.5. The Bertz CT molecular complexity index is 1400. The second kappa shape index (κ2) is 9.26. The molecule has 38 heavy (non-hydrogen) atoms. The lowest BCUT2D eigenvalue weighted by atomic mass is 9.98. The Morgan fingerprint density at radius 2 is 1.79 bits per heavy atom. The van der Waals surface area contributed by atoms with Crippen LogP contribution in [0.3, 0.4) is 0 Å². The number of fused-ring (bicyclic) bond motifs is 5. The van der Waals surface area contributed by atoms with E-state index in [1.807, 2.05) is 36.9 Å². The lowest BCUT2D eigenvalue weighted by Gasteiger charge is -2.34. The first-order valence-electron chi connectivity index (χ1n) is 14.0. The van der Waals surface area contributed by atoms with Crippen LogP contribution >= 0.6 is 0 Å². The van der Waals surface area contributed by atoms with Crippen LogP contribution in [0.15, 0.2) is 47.5 Å². The van der Waals surface area contributed by atoms with Crippen molar-refractivity contribution in [1.29, 1.82) is 0 Å².